The van der Waals surface area contributed by atoms with Gasteiger partial charge in [-0.15, -0.1) is 0 Å². The fourth-order valence-corrected chi connectivity index (χ4v) is 2.26. The van der Waals surface area contributed by atoms with E-state index in [0.717, 1.165) is 0 Å². The number of fused-ring (bicyclic) bond motifs is 1. The molecule has 0 aliphatic carbocycles. The Kier molecular flexibility index (Phi) is 2.38. The first-order valence-corrected chi connectivity index (χ1v) is 5.87. The molecule has 0 aromatic heterocycles. The predicted octanol–water partition coefficient (Wildman–Crippen LogP) is 1.96. The summed E-state index contributed by atoms with van der Waals surface area (Å²) in [6, 6.07) is 11.1. The Morgan fingerprint density at radius 2 is 1.94 bits per heavy atom. The van der Waals surface area contributed by atoms with Gasteiger partial charge in [0.15, 0.2) is 0 Å². The smallest absolute Gasteiger partial charge is 0.282 e. The average molecular weight is 233 g/mol. The number of rotatable bonds is 1. The molecule has 2 rings (SSSR count). The monoisotopic (exact) mass is 233 g/mol. The third-order valence-electron chi connectivity index (χ3n) is 2.25. The van der Waals surface area contributed by atoms with E-state index in [-0.39, 0.29) is 4.90 Å². The van der Waals surface area contributed by atoms with E-state index in [1.165, 1.54) is 24.3 Å². The molecule has 0 amide bonds. The van der Waals surface area contributed by atoms with Crippen molar-refractivity contribution in [3.8, 4) is 6.07 Å². The van der Waals surface area contributed by atoms with E-state index in [1.807, 2.05) is 6.07 Å². The number of hydrogen-bond acceptors (Lipinski definition) is 3. The van der Waals surface area contributed by atoms with Crippen molar-refractivity contribution in [2.75, 3.05) is 0 Å². The Balaban J connectivity index is 2.87. The molecule has 0 radical (unpaired) electrons. The lowest BCUT2D eigenvalue weighted by Crippen LogP contribution is -1.98. The van der Waals surface area contributed by atoms with Crippen molar-refractivity contribution in [1.82, 2.24) is 0 Å². The molecule has 0 saturated heterocycles. The van der Waals surface area contributed by atoms with Crippen LogP contribution < -0.4 is 0 Å². The van der Waals surface area contributed by atoms with Crippen molar-refractivity contribution in [1.29, 1.82) is 5.26 Å². The summed E-state index contributed by atoms with van der Waals surface area (Å²) in [7, 11) is -4.23. The molecule has 0 heterocycles. The van der Waals surface area contributed by atoms with Crippen molar-refractivity contribution >= 4 is 20.9 Å². The molecule has 0 unspecified atom stereocenters. The molecule has 16 heavy (non-hydrogen) atoms. The first-order valence-electron chi connectivity index (χ1n) is 4.43. The van der Waals surface area contributed by atoms with Crippen molar-refractivity contribution in [2.45, 2.75) is 4.90 Å². The molecule has 80 valence electrons. The molecule has 0 spiro atoms. The van der Waals surface area contributed by atoms with Crippen LogP contribution in [-0.2, 0) is 10.1 Å². The Hall–Kier alpha value is -1.90. The Labute approximate surface area is 92.5 Å². The standard InChI is InChI=1S/C11H7NO3S/c12-7-8-4-5-10-9(6-8)2-1-3-11(10)16(13,14)15/h1-6H,(H,13,14,15). The summed E-state index contributed by atoms with van der Waals surface area (Å²) in [6.07, 6.45) is 0. The third kappa shape index (κ3) is 1.76. The lowest BCUT2D eigenvalue weighted by atomic mass is 10.1. The van der Waals surface area contributed by atoms with Crippen LogP contribution in [0.25, 0.3) is 10.8 Å². The molecule has 0 aliphatic heterocycles. The molecule has 2 aromatic carbocycles. The molecule has 0 fully saturated rings. The van der Waals surface area contributed by atoms with E-state index in [0.29, 0.717) is 16.3 Å². The van der Waals surface area contributed by atoms with Gasteiger partial charge in [-0.3, -0.25) is 4.55 Å². The average Bonchev–Trinajstić information content (AvgIpc) is 2.26. The molecular formula is C11H7NO3S. The van der Waals surface area contributed by atoms with Crippen LogP contribution >= 0.6 is 0 Å². The van der Waals surface area contributed by atoms with Gasteiger partial charge in [0.05, 0.1) is 11.6 Å². The van der Waals surface area contributed by atoms with Crippen LogP contribution in [0, 0.1) is 11.3 Å². The van der Waals surface area contributed by atoms with E-state index in [4.69, 9.17) is 9.81 Å². The van der Waals surface area contributed by atoms with Crippen LogP contribution in [0.4, 0.5) is 0 Å². The van der Waals surface area contributed by atoms with E-state index in [1.54, 1.807) is 12.1 Å². The molecule has 0 aliphatic rings. The van der Waals surface area contributed by atoms with E-state index >= 15 is 0 Å². The van der Waals surface area contributed by atoms with Gasteiger partial charge in [-0.05, 0) is 23.6 Å². The first kappa shape index (κ1) is 10.6. The summed E-state index contributed by atoms with van der Waals surface area (Å²) in [6.45, 7) is 0. The summed E-state index contributed by atoms with van der Waals surface area (Å²) in [5, 5.41) is 9.72. The summed E-state index contributed by atoms with van der Waals surface area (Å²) in [5.41, 5.74) is 0.444. The SMILES string of the molecule is N#Cc1ccc2c(S(=O)(=O)O)cccc2c1. The van der Waals surface area contributed by atoms with Gasteiger partial charge in [0.2, 0.25) is 0 Å². The fourth-order valence-electron chi connectivity index (χ4n) is 1.55. The zero-order chi connectivity index (χ0) is 11.8. The molecule has 1 N–H and O–H groups in total. The number of nitrogens with zero attached hydrogens (tertiary/aromatic N) is 1. The first-order chi connectivity index (χ1) is 7.52. The summed E-state index contributed by atoms with van der Waals surface area (Å²) >= 11 is 0. The highest BCUT2D eigenvalue weighted by atomic mass is 32.2. The summed E-state index contributed by atoms with van der Waals surface area (Å²) in [5.74, 6) is 0. The number of nitriles is 1. The maximum atomic E-state index is 11.1. The second-order valence-corrected chi connectivity index (χ2v) is 4.67. The second-order valence-electron chi connectivity index (χ2n) is 3.28. The number of benzene rings is 2. The molecule has 5 heteroatoms. The lowest BCUT2D eigenvalue weighted by Gasteiger charge is -2.03. The van der Waals surface area contributed by atoms with Gasteiger partial charge in [-0.2, -0.15) is 13.7 Å². The van der Waals surface area contributed by atoms with E-state index in [2.05, 4.69) is 0 Å². The zero-order valence-corrected chi connectivity index (χ0v) is 8.90. The Morgan fingerprint density at radius 3 is 2.56 bits per heavy atom. The Bertz CT molecular complexity index is 699. The fraction of sp³-hybridized carbons (Fsp3) is 0. The molecule has 2 aromatic rings. The van der Waals surface area contributed by atoms with Crippen LogP contribution in [-0.4, -0.2) is 13.0 Å². The van der Waals surface area contributed by atoms with Crippen molar-refractivity contribution in [3.05, 3.63) is 42.0 Å². The lowest BCUT2D eigenvalue weighted by molar-refractivity contribution is 0.484. The van der Waals surface area contributed by atoms with Crippen LogP contribution in [0.15, 0.2) is 41.3 Å². The van der Waals surface area contributed by atoms with Crippen LogP contribution in [0.2, 0.25) is 0 Å². The van der Waals surface area contributed by atoms with Gasteiger partial charge < -0.3 is 0 Å². The molecule has 0 bridgehead atoms. The minimum Gasteiger partial charge on any atom is -0.282 e. The highest BCUT2D eigenvalue weighted by molar-refractivity contribution is 7.86. The van der Waals surface area contributed by atoms with Gasteiger partial charge in [0.1, 0.15) is 4.90 Å². The van der Waals surface area contributed by atoms with Crippen LogP contribution in [0.5, 0.6) is 0 Å². The van der Waals surface area contributed by atoms with Crippen LogP contribution in [0.1, 0.15) is 5.56 Å². The van der Waals surface area contributed by atoms with Crippen molar-refractivity contribution < 1.29 is 13.0 Å². The van der Waals surface area contributed by atoms with Gasteiger partial charge in [-0.25, -0.2) is 0 Å². The molecule has 0 saturated carbocycles. The van der Waals surface area contributed by atoms with Gasteiger partial charge in [-0.1, -0.05) is 18.2 Å². The minimum absolute atomic E-state index is 0.144. The second kappa shape index (κ2) is 3.59. The van der Waals surface area contributed by atoms with Crippen LogP contribution in [0.3, 0.4) is 0 Å². The molecule has 4 nitrogen and oxygen atoms in total. The maximum absolute atomic E-state index is 11.1. The molecular weight excluding hydrogens is 226 g/mol. The van der Waals surface area contributed by atoms with E-state index < -0.39 is 10.1 Å². The third-order valence-corrected chi connectivity index (χ3v) is 3.16. The maximum Gasteiger partial charge on any atom is 0.295 e. The highest BCUT2D eigenvalue weighted by Gasteiger charge is 2.13. The number of hydrogen-bond donors (Lipinski definition) is 1. The summed E-state index contributed by atoms with van der Waals surface area (Å²) in [4.78, 5) is -0.144. The zero-order valence-electron chi connectivity index (χ0n) is 8.08. The predicted molar refractivity (Wildman–Crippen MR) is 58.5 cm³/mol. The van der Waals surface area contributed by atoms with E-state index in [9.17, 15) is 8.42 Å². The largest absolute Gasteiger partial charge is 0.295 e. The highest BCUT2D eigenvalue weighted by Crippen LogP contribution is 2.23. The van der Waals surface area contributed by atoms with Crippen molar-refractivity contribution in [3.63, 3.8) is 0 Å². The van der Waals surface area contributed by atoms with Crippen molar-refractivity contribution in [2.24, 2.45) is 0 Å². The van der Waals surface area contributed by atoms with Gasteiger partial charge in [0, 0.05) is 5.39 Å². The topological polar surface area (TPSA) is 78.2 Å². The minimum atomic E-state index is -4.23. The Morgan fingerprint density at radius 1 is 1.19 bits per heavy atom. The quantitative estimate of drug-likeness (QED) is 0.763. The van der Waals surface area contributed by atoms with Gasteiger partial charge in [0.25, 0.3) is 10.1 Å². The summed E-state index contributed by atoms with van der Waals surface area (Å²) < 4.78 is 31.2. The molecule has 0 atom stereocenters. The normalized spacial score (nSPS) is 11.2. The van der Waals surface area contributed by atoms with Gasteiger partial charge >= 0.3 is 0 Å².